The minimum Gasteiger partial charge on any atom is -0.338 e. The number of nitro benzene ring substituents is 1. The number of benzene rings is 1. The van der Waals surface area contributed by atoms with Crippen LogP contribution in [0.5, 0.6) is 0 Å². The van der Waals surface area contributed by atoms with Crippen LogP contribution in [-0.2, 0) is 4.79 Å². The molecule has 1 fully saturated rings. The van der Waals surface area contributed by atoms with Gasteiger partial charge in [-0.2, -0.15) is 0 Å². The summed E-state index contributed by atoms with van der Waals surface area (Å²) in [7, 11) is 0. The van der Waals surface area contributed by atoms with Crippen LogP contribution in [0.15, 0.2) is 30.3 Å². The lowest BCUT2D eigenvalue weighted by Gasteiger charge is -2.17. The molecule has 106 valence electrons. The molecule has 6 heteroatoms. The van der Waals surface area contributed by atoms with Gasteiger partial charge in [0.05, 0.1) is 10.5 Å². The molecule has 0 radical (unpaired) electrons. The molecule has 6 nitrogen and oxygen atoms in total. The third-order valence-electron chi connectivity index (χ3n) is 3.19. The highest BCUT2D eigenvalue weighted by atomic mass is 16.6. The molecule has 1 aliphatic heterocycles. The second-order valence-electron chi connectivity index (χ2n) is 4.58. The Balaban J connectivity index is 2.08. The van der Waals surface area contributed by atoms with E-state index in [2.05, 4.69) is 5.32 Å². The van der Waals surface area contributed by atoms with Gasteiger partial charge in [-0.05, 0) is 25.1 Å². The van der Waals surface area contributed by atoms with E-state index < -0.39 is 4.92 Å². The molecular formula is C14H17N3O3. The van der Waals surface area contributed by atoms with E-state index >= 15 is 0 Å². The standard InChI is InChI=1S/C14H17N3O3/c18-14(16-10-3-8-15-9-11-16)7-6-12-4-1-2-5-13(12)17(19)20/h1-2,4-7,15H,3,8-11H2/b7-6+. The van der Waals surface area contributed by atoms with Crippen LogP contribution in [0.25, 0.3) is 6.08 Å². The fourth-order valence-electron chi connectivity index (χ4n) is 2.13. The van der Waals surface area contributed by atoms with Gasteiger partial charge in [0.1, 0.15) is 0 Å². The van der Waals surface area contributed by atoms with Crippen LogP contribution in [0.2, 0.25) is 0 Å². The molecule has 0 bridgehead atoms. The quantitative estimate of drug-likeness (QED) is 0.514. The molecule has 0 unspecified atom stereocenters. The van der Waals surface area contributed by atoms with Gasteiger partial charge in [-0.1, -0.05) is 12.1 Å². The molecule has 1 amide bonds. The number of nitro groups is 1. The van der Waals surface area contributed by atoms with Crippen molar-refractivity contribution in [3.05, 3.63) is 46.0 Å². The van der Waals surface area contributed by atoms with Crippen LogP contribution in [0.3, 0.4) is 0 Å². The van der Waals surface area contributed by atoms with E-state index in [1.54, 1.807) is 23.1 Å². The van der Waals surface area contributed by atoms with Crippen molar-refractivity contribution in [3.63, 3.8) is 0 Å². The van der Waals surface area contributed by atoms with Crippen molar-refractivity contribution < 1.29 is 9.72 Å². The third-order valence-corrected chi connectivity index (χ3v) is 3.19. The van der Waals surface area contributed by atoms with Crippen LogP contribution in [0, 0.1) is 10.1 Å². The number of rotatable bonds is 3. The molecule has 1 saturated heterocycles. The molecule has 0 aliphatic carbocycles. The molecule has 1 aromatic carbocycles. The molecule has 2 rings (SSSR count). The first-order valence-corrected chi connectivity index (χ1v) is 6.59. The zero-order chi connectivity index (χ0) is 14.4. The molecule has 0 aromatic heterocycles. The summed E-state index contributed by atoms with van der Waals surface area (Å²) in [6, 6.07) is 6.39. The number of para-hydroxylation sites is 1. The van der Waals surface area contributed by atoms with Crippen LogP contribution in [-0.4, -0.2) is 41.9 Å². The highest BCUT2D eigenvalue weighted by molar-refractivity contribution is 5.92. The van der Waals surface area contributed by atoms with E-state index in [0.29, 0.717) is 18.7 Å². The SMILES string of the molecule is O=C(/C=C/c1ccccc1[N+](=O)[O-])N1CCCNCC1. The fourth-order valence-corrected chi connectivity index (χ4v) is 2.13. The topological polar surface area (TPSA) is 75.5 Å². The summed E-state index contributed by atoms with van der Waals surface area (Å²) in [5, 5.41) is 14.1. The summed E-state index contributed by atoms with van der Waals surface area (Å²) in [6.07, 6.45) is 3.84. The first kappa shape index (κ1) is 14.2. The predicted octanol–water partition coefficient (Wildman–Crippen LogP) is 1.43. The maximum absolute atomic E-state index is 12.0. The lowest BCUT2D eigenvalue weighted by Crippen LogP contribution is -2.32. The van der Waals surface area contributed by atoms with E-state index in [9.17, 15) is 14.9 Å². The van der Waals surface area contributed by atoms with Gasteiger partial charge in [-0.3, -0.25) is 14.9 Å². The average Bonchev–Trinajstić information content (AvgIpc) is 2.74. The van der Waals surface area contributed by atoms with Crippen molar-refractivity contribution in [2.75, 3.05) is 26.2 Å². The summed E-state index contributed by atoms with van der Waals surface area (Å²) in [5.74, 6) is -0.105. The number of carbonyl (C=O) groups is 1. The molecule has 20 heavy (non-hydrogen) atoms. The fraction of sp³-hybridized carbons (Fsp3) is 0.357. The smallest absolute Gasteiger partial charge is 0.276 e. The Morgan fingerprint density at radius 3 is 2.90 bits per heavy atom. The normalized spacial score (nSPS) is 16.1. The molecule has 1 aromatic rings. The van der Waals surface area contributed by atoms with Crippen molar-refractivity contribution in [1.82, 2.24) is 10.2 Å². The first-order chi connectivity index (χ1) is 9.68. The summed E-state index contributed by atoms with van der Waals surface area (Å²) in [5.41, 5.74) is 0.452. The number of nitrogens with zero attached hydrogens (tertiary/aromatic N) is 2. The number of hydrogen-bond acceptors (Lipinski definition) is 4. The molecule has 0 spiro atoms. The minimum absolute atomic E-state index is 0.00841. The van der Waals surface area contributed by atoms with Crippen LogP contribution < -0.4 is 5.32 Å². The maximum atomic E-state index is 12.0. The molecule has 1 aliphatic rings. The van der Waals surface area contributed by atoms with Crippen molar-refractivity contribution >= 4 is 17.7 Å². The highest BCUT2D eigenvalue weighted by Crippen LogP contribution is 2.19. The number of carbonyl (C=O) groups excluding carboxylic acids is 1. The Hall–Kier alpha value is -2.21. The van der Waals surface area contributed by atoms with Gasteiger partial charge in [0.25, 0.3) is 5.69 Å². The molecular weight excluding hydrogens is 258 g/mol. The van der Waals surface area contributed by atoms with Gasteiger partial charge in [0, 0.05) is 31.8 Å². The Morgan fingerprint density at radius 1 is 1.30 bits per heavy atom. The lowest BCUT2D eigenvalue weighted by atomic mass is 10.1. The van der Waals surface area contributed by atoms with E-state index in [4.69, 9.17) is 0 Å². The molecule has 1 N–H and O–H groups in total. The van der Waals surface area contributed by atoms with Gasteiger partial charge in [-0.15, -0.1) is 0 Å². The van der Waals surface area contributed by atoms with Crippen molar-refractivity contribution in [1.29, 1.82) is 0 Å². The van der Waals surface area contributed by atoms with Gasteiger partial charge >= 0.3 is 0 Å². The predicted molar refractivity (Wildman–Crippen MR) is 76.2 cm³/mol. The minimum atomic E-state index is -0.444. The second kappa shape index (κ2) is 6.81. The summed E-state index contributed by atoms with van der Waals surface area (Å²) in [6.45, 7) is 3.08. The second-order valence-corrected chi connectivity index (χ2v) is 4.58. The zero-order valence-electron chi connectivity index (χ0n) is 11.1. The number of nitrogens with one attached hydrogen (secondary N) is 1. The largest absolute Gasteiger partial charge is 0.338 e. The van der Waals surface area contributed by atoms with Gasteiger partial charge in [0.15, 0.2) is 0 Å². The van der Waals surface area contributed by atoms with Gasteiger partial charge in [-0.25, -0.2) is 0 Å². The Kier molecular flexibility index (Phi) is 4.84. The molecule has 1 heterocycles. The van der Waals surface area contributed by atoms with E-state index in [1.807, 2.05) is 0 Å². The van der Waals surface area contributed by atoms with Gasteiger partial charge < -0.3 is 10.2 Å². The average molecular weight is 275 g/mol. The van der Waals surface area contributed by atoms with Gasteiger partial charge in [0.2, 0.25) is 5.91 Å². The van der Waals surface area contributed by atoms with Crippen molar-refractivity contribution in [3.8, 4) is 0 Å². The molecule has 0 atom stereocenters. The number of hydrogen-bond donors (Lipinski definition) is 1. The van der Waals surface area contributed by atoms with Crippen molar-refractivity contribution in [2.45, 2.75) is 6.42 Å². The third kappa shape index (κ3) is 3.64. The monoisotopic (exact) mass is 275 g/mol. The Bertz CT molecular complexity index is 520. The van der Waals surface area contributed by atoms with E-state index in [1.165, 1.54) is 18.2 Å². The van der Waals surface area contributed by atoms with E-state index in [-0.39, 0.29) is 11.6 Å². The Morgan fingerprint density at radius 2 is 2.10 bits per heavy atom. The first-order valence-electron chi connectivity index (χ1n) is 6.59. The van der Waals surface area contributed by atoms with Crippen LogP contribution in [0.4, 0.5) is 5.69 Å². The Labute approximate surface area is 117 Å². The van der Waals surface area contributed by atoms with E-state index in [0.717, 1.165) is 19.5 Å². The number of amides is 1. The lowest BCUT2D eigenvalue weighted by molar-refractivity contribution is -0.385. The van der Waals surface area contributed by atoms with Crippen LogP contribution in [0.1, 0.15) is 12.0 Å². The summed E-state index contributed by atoms with van der Waals surface area (Å²) >= 11 is 0. The maximum Gasteiger partial charge on any atom is 0.276 e. The van der Waals surface area contributed by atoms with Crippen LogP contribution >= 0.6 is 0 Å². The van der Waals surface area contributed by atoms with Crippen molar-refractivity contribution in [2.24, 2.45) is 0 Å². The summed E-state index contributed by atoms with van der Waals surface area (Å²) in [4.78, 5) is 24.2. The summed E-state index contributed by atoms with van der Waals surface area (Å²) < 4.78 is 0. The molecule has 0 saturated carbocycles. The highest BCUT2D eigenvalue weighted by Gasteiger charge is 2.14. The zero-order valence-corrected chi connectivity index (χ0v) is 11.1.